The second kappa shape index (κ2) is 11.5. The lowest BCUT2D eigenvalue weighted by Gasteiger charge is -2.17. The zero-order valence-electron chi connectivity index (χ0n) is 21.3. The van der Waals surface area contributed by atoms with Gasteiger partial charge in [-0.2, -0.15) is 0 Å². The Hall–Kier alpha value is -2.85. The number of nitrogens with zero attached hydrogens (tertiary/aromatic N) is 3. The van der Waals surface area contributed by atoms with E-state index in [1.807, 2.05) is 37.5 Å². The number of hydrogen-bond donors (Lipinski definition) is 1. The first-order valence-corrected chi connectivity index (χ1v) is 14.0. The van der Waals surface area contributed by atoms with Gasteiger partial charge in [0.25, 0.3) is 0 Å². The summed E-state index contributed by atoms with van der Waals surface area (Å²) in [7, 11) is 1.37. The minimum Gasteiger partial charge on any atom is -0.482 e. The number of benzene rings is 1. The predicted octanol–water partition coefficient (Wildman–Crippen LogP) is 5.51. The van der Waals surface area contributed by atoms with Gasteiger partial charge in [-0.05, 0) is 76.1 Å². The highest BCUT2D eigenvalue weighted by Gasteiger charge is 2.27. The van der Waals surface area contributed by atoms with Crippen LogP contribution in [0.25, 0.3) is 0 Å². The van der Waals surface area contributed by atoms with E-state index >= 15 is 0 Å². The molecular weight excluding hydrogens is 496 g/mol. The number of aromatic nitrogens is 3. The number of nitrogens with one attached hydrogen (secondary N) is 1. The van der Waals surface area contributed by atoms with Crippen molar-refractivity contribution in [3.63, 3.8) is 0 Å². The number of esters is 1. The third-order valence-electron chi connectivity index (χ3n) is 6.43. The summed E-state index contributed by atoms with van der Waals surface area (Å²) in [6.07, 6.45) is 3.60. The fraction of sp³-hybridized carbons (Fsp3) is 0.462. The van der Waals surface area contributed by atoms with E-state index in [0.29, 0.717) is 28.1 Å². The van der Waals surface area contributed by atoms with Crippen LogP contribution in [0.3, 0.4) is 0 Å². The van der Waals surface area contributed by atoms with Crippen molar-refractivity contribution in [1.82, 2.24) is 14.8 Å². The Bertz CT molecular complexity index is 1270. The summed E-state index contributed by atoms with van der Waals surface area (Å²) in [5, 5.41) is 12.9. The molecule has 36 heavy (non-hydrogen) atoms. The molecule has 8 nitrogen and oxygen atoms in total. The van der Waals surface area contributed by atoms with Gasteiger partial charge >= 0.3 is 5.97 Å². The van der Waals surface area contributed by atoms with Gasteiger partial charge in [-0.3, -0.25) is 4.79 Å². The third-order valence-corrected chi connectivity index (χ3v) is 8.60. The first kappa shape index (κ1) is 26.2. The Kier molecular flexibility index (Phi) is 8.35. The Morgan fingerprint density at radius 1 is 1.22 bits per heavy atom. The topological polar surface area (TPSA) is 95.3 Å². The van der Waals surface area contributed by atoms with Crippen LogP contribution in [-0.2, 0) is 28.9 Å². The molecule has 2 heterocycles. The number of aryl methyl sites for hydroxylation is 2. The van der Waals surface area contributed by atoms with Gasteiger partial charge in [0.2, 0.25) is 5.91 Å². The Morgan fingerprint density at radius 3 is 2.75 bits per heavy atom. The number of thioether (sulfide) groups is 1. The fourth-order valence-electron chi connectivity index (χ4n) is 4.36. The minimum atomic E-state index is -0.398. The monoisotopic (exact) mass is 528 g/mol. The van der Waals surface area contributed by atoms with Crippen LogP contribution in [0.1, 0.15) is 70.5 Å². The molecule has 0 saturated heterocycles. The normalized spacial score (nSPS) is 13.7. The van der Waals surface area contributed by atoms with E-state index in [4.69, 9.17) is 9.47 Å². The summed E-state index contributed by atoms with van der Waals surface area (Å²) >= 11 is 2.80. The van der Waals surface area contributed by atoms with Crippen LogP contribution in [0, 0.1) is 13.8 Å². The molecule has 0 saturated carbocycles. The van der Waals surface area contributed by atoms with Gasteiger partial charge in [0.1, 0.15) is 10.8 Å². The van der Waals surface area contributed by atoms with E-state index in [9.17, 15) is 9.59 Å². The number of carbonyl (C=O) groups excluding carboxylic acids is 2. The van der Waals surface area contributed by atoms with E-state index < -0.39 is 5.97 Å². The number of fused-ring (bicyclic) bond motifs is 1. The van der Waals surface area contributed by atoms with Crippen molar-refractivity contribution in [2.45, 2.75) is 71.2 Å². The standard InChI is InChI=1S/C26H32N4O4S2/c1-6-30-23(17(4)34-19-12-9-10-15(2)16(19)3)28-29-26(30)35-14-21(31)27-24-22(25(32)33-5)18-11-7-8-13-20(18)36-24/h9-10,12,17H,6-8,11,13-14H2,1-5H3,(H,27,31). The molecule has 0 spiro atoms. The maximum atomic E-state index is 12.9. The molecule has 1 unspecified atom stereocenters. The molecule has 10 heteroatoms. The number of carbonyl (C=O) groups is 2. The molecule has 1 atom stereocenters. The smallest absolute Gasteiger partial charge is 0.341 e. The largest absolute Gasteiger partial charge is 0.482 e. The second-order valence-corrected chi connectivity index (χ2v) is 10.8. The zero-order valence-corrected chi connectivity index (χ0v) is 23.0. The quantitative estimate of drug-likeness (QED) is 0.289. The van der Waals surface area contributed by atoms with Crippen molar-refractivity contribution >= 4 is 40.0 Å². The SMILES string of the molecule is CCn1c(SCC(=O)Nc2sc3c(c2C(=O)OC)CCCC3)nnc1C(C)Oc1cccc(C)c1C. The van der Waals surface area contributed by atoms with Crippen LogP contribution in [-0.4, -0.2) is 39.5 Å². The molecule has 0 fully saturated rings. The summed E-state index contributed by atoms with van der Waals surface area (Å²) in [5.74, 6) is 1.08. The number of thiophene rings is 1. The van der Waals surface area contributed by atoms with Crippen LogP contribution in [0.4, 0.5) is 5.00 Å². The van der Waals surface area contributed by atoms with Crippen LogP contribution < -0.4 is 10.1 Å². The highest BCUT2D eigenvalue weighted by molar-refractivity contribution is 7.99. The maximum Gasteiger partial charge on any atom is 0.341 e. The lowest BCUT2D eigenvalue weighted by atomic mass is 9.95. The van der Waals surface area contributed by atoms with Gasteiger partial charge in [0.05, 0.1) is 18.4 Å². The average Bonchev–Trinajstić information content (AvgIpc) is 3.45. The molecule has 1 aliphatic carbocycles. The Labute approximate surface area is 219 Å². The number of ether oxygens (including phenoxy) is 2. The minimum absolute atomic E-state index is 0.146. The van der Waals surface area contributed by atoms with E-state index in [0.717, 1.165) is 47.4 Å². The lowest BCUT2D eigenvalue weighted by Crippen LogP contribution is -2.17. The molecular formula is C26H32N4O4S2. The van der Waals surface area contributed by atoms with Gasteiger partial charge in [-0.25, -0.2) is 4.79 Å². The van der Waals surface area contributed by atoms with Gasteiger partial charge in [-0.1, -0.05) is 23.9 Å². The van der Waals surface area contributed by atoms with E-state index in [-0.39, 0.29) is 17.8 Å². The number of amides is 1. The summed E-state index contributed by atoms with van der Waals surface area (Å²) in [5.41, 5.74) is 3.79. The molecule has 1 aromatic carbocycles. The molecule has 0 bridgehead atoms. The van der Waals surface area contributed by atoms with E-state index in [2.05, 4.69) is 28.5 Å². The summed E-state index contributed by atoms with van der Waals surface area (Å²) in [6.45, 7) is 8.71. The van der Waals surface area contributed by atoms with Gasteiger partial charge < -0.3 is 19.4 Å². The summed E-state index contributed by atoms with van der Waals surface area (Å²) in [6, 6.07) is 5.99. The maximum absolute atomic E-state index is 12.9. The van der Waals surface area contributed by atoms with E-state index in [1.54, 1.807) is 0 Å². The molecule has 1 aliphatic rings. The molecule has 192 valence electrons. The first-order valence-electron chi connectivity index (χ1n) is 12.1. The molecule has 1 amide bonds. The number of hydrogen-bond acceptors (Lipinski definition) is 8. The molecule has 1 N–H and O–H groups in total. The molecule has 3 aromatic rings. The third kappa shape index (κ3) is 5.44. The average molecular weight is 529 g/mol. The van der Waals surface area contributed by atoms with Crippen LogP contribution in [0.15, 0.2) is 23.4 Å². The first-order chi connectivity index (χ1) is 17.3. The Balaban J connectivity index is 1.44. The van der Waals surface area contributed by atoms with Crippen molar-refractivity contribution in [3.05, 3.63) is 51.2 Å². The van der Waals surface area contributed by atoms with Crippen molar-refractivity contribution < 1.29 is 19.1 Å². The van der Waals surface area contributed by atoms with E-state index in [1.165, 1.54) is 35.8 Å². The number of anilines is 1. The van der Waals surface area contributed by atoms with Crippen molar-refractivity contribution in [2.24, 2.45) is 0 Å². The fourth-order valence-corrected chi connectivity index (χ4v) is 6.47. The molecule has 2 aromatic heterocycles. The van der Waals surface area contributed by atoms with Gasteiger partial charge in [0, 0.05) is 11.4 Å². The highest BCUT2D eigenvalue weighted by Crippen LogP contribution is 2.38. The van der Waals surface area contributed by atoms with Crippen molar-refractivity contribution in [3.8, 4) is 5.75 Å². The van der Waals surface area contributed by atoms with Crippen LogP contribution >= 0.6 is 23.1 Å². The lowest BCUT2D eigenvalue weighted by molar-refractivity contribution is -0.113. The second-order valence-electron chi connectivity index (χ2n) is 8.79. The van der Waals surface area contributed by atoms with Gasteiger partial charge in [-0.15, -0.1) is 21.5 Å². The highest BCUT2D eigenvalue weighted by atomic mass is 32.2. The Morgan fingerprint density at radius 2 is 2.00 bits per heavy atom. The number of methoxy groups -OCH3 is 1. The van der Waals surface area contributed by atoms with Crippen molar-refractivity contribution in [1.29, 1.82) is 0 Å². The van der Waals surface area contributed by atoms with Gasteiger partial charge in [0.15, 0.2) is 17.1 Å². The zero-order chi connectivity index (χ0) is 25.8. The van der Waals surface area contributed by atoms with Crippen LogP contribution in [0.2, 0.25) is 0 Å². The summed E-state index contributed by atoms with van der Waals surface area (Å²) < 4.78 is 13.2. The number of rotatable bonds is 9. The molecule has 0 radical (unpaired) electrons. The predicted molar refractivity (Wildman–Crippen MR) is 142 cm³/mol. The molecule has 4 rings (SSSR count). The van der Waals surface area contributed by atoms with Crippen LogP contribution in [0.5, 0.6) is 5.75 Å². The summed E-state index contributed by atoms with van der Waals surface area (Å²) in [4.78, 5) is 26.5. The molecule has 0 aliphatic heterocycles. The van der Waals surface area contributed by atoms with Crippen molar-refractivity contribution in [2.75, 3.05) is 18.2 Å².